The Kier molecular flexibility index (Phi) is 5.30. The lowest BCUT2D eigenvalue weighted by atomic mass is 9.91. The molecule has 0 atom stereocenters. The number of methoxy groups -OCH3 is 2. The van der Waals surface area contributed by atoms with Gasteiger partial charge in [-0.1, -0.05) is 0 Å². The van der Waals surface area contributed by atoms with E-state index >= 15 is 0 Å². The number of benzene rings is 1. The first kappa shape index (κ1) is 16.7. The van der Waals surface area contributed by atoms with Gasteiger partial charge in [0.25, 0.3) is 0 Å². The summed E-state index contributed by atoms with van der Waals surface area (Å²) >= 11 is 0. The van der Waals surface area contributed by atoms with E-state index in [-0.39, 0.29) is 5.78 Å². The van der Waals surface area contributed by atoms with Crippen LogP contribution in [0.2, 0.25) is 0 Å². The molecule has 0 spiro atoms. The zero-order valence-electron chi connectivity index (χ0n) is 14.3. The quantitative estimate of drug-likeness (QED) is 0.825. The minimum absolute atomic E-state index is 0.103. The van der Waals surface area contributed by atoms with Gasteiger partial charge in [0.2, 0.25) is 0 Å². The van der Waals surface area contributed by atoms with Gasteiger partial charge in [0, 0.05) is 18.0 Å². The third kappa shape index (κ3) is 3.51. The molecule has 2 heterocycles. The molecule has 1 aromatic heterocycles. The zero-order chi connectivity index (χ0) is 16.9. The number of ether oxygens (including phenoxy) is 2. The first-order valence-electron chi connectivity index (χ1n) is 8.47. The van der Waals surface area contributed by atoms with Gasteiger partial charge in [0.15, 0.2) is 17.3 Å². The van der Waals surface area contributed by atoms with Gasteiger partial charge in [-0.3, -0.25) is 9.78 Å². The third-order valence-corrected chi connectivity index (χ3v) is 4.77. The van der Waals surface area contributed by atoms with Crippen LogP contribution in [0.4, 0.5) is 0 Å². The highest BCUT2D eigenvalue weighted by Gasteiger charge is 2.18. The summed E-state index contributed by atoms with van der Waals surface area (Å²) in [5, 5.41) is 5.12. The first-order valence-corrected chi connectivity index (χ1v) is 8.47. The van der Waals surface area contributed by atoms with E-state index in [1.165, 1.54) is 0 Å². The van der Waals surface area contributed by atoms with Crippen LogP contribution in [0.1, 0.15) is 36.2 Å². The Morgan fingerprint density at radius 2 is 1.92 bits per heavy atom. The Morgan fingerprint density at radius 1 is 1.21 bits per heavy atom. The molecule has 1 aromatic carbocycles. The van der Waals surface area contributed by atoms with Crippen LogP contribution >= 0.6 is 0 Å². The highest BCUT2D eigenvalue weighted by Crippen LogP contribution is 2.33. The number of carbonyl (C=O) groups is 1. The van der Waals surface area contributed by atoms with E-state index in [0.29, 0.717) is 29.5 Å². The highest BCUT2D eigenvalue weighted by atomic mass is 16.5. The summed E-state index contributed by atoms with van der Waals surface area (Å²) in [5.41, 5.74) is 0.530. The Labute approximate surface area is 142 Å². The second-order valence-corrected chi connectivity index (χ2v) is 6.24. The highest BCUT2D eigenvalue weighted by molar-refractivity contribution is 6.07. The number of rotatable bonds is 6. The smallest absolute Gasteiger partial charge is 0.181 e. The number of nitrogens with one attached hydrogen (secondary N) is 1. The van der Waals surface area contributed by atoms with Crippen molar-refractivity contribution in [1.29, 1.82) is 0 Å². The Balaban J connectivity index is 1.83. The van der Waals surface area contributed by atoms with Crippen molar-refractivity contribution in [1.82, 2.24) is 10.3 Å². The van der Waals surface area contributed by atoms with Crippen molar-refractivity contribution in [3.63, 3.8) is 0 Å². The first-order chi connectivity index (χ1) is 11.7. The fraction of sp³-hybridized carbons (Fsp3) is 0.474. The van der Waals surface area contributed by atoms with E-state index in [1.54, 1.807) is 20.4 Å². The summed E-state index contributed by atoms with van der Waals surface area (Å²) < 4.78 is 10.7. The van der Waals surface area contributed by atoms with Gasteiger partial charge in [-0.25, -0.2) is 0 Å². The molecule has 0 unspecified atom stereocenters. The summed E-state index contributed by atoms with van der Waals surface area (Å²) in [6, 6.07) is 5.62. The fourth-order valence-corrected chi connectivity index (χ4v) is 3.35. The molecule has 0 radical (unpaired) electrons. The standard InChI is InChI=1S/C19H24N2O3/c1-23-17-11-14-7-10-21-19(15(14)12-18(17)24-2)16(22)4-3-13-5-8-20-9-6-13/h7,10-13,20H,3-6,8-9H2,1-2H3. The molecule has 1 aliphatic heterocycles. The maximum Gasteiger partial charge on any atom is 0.181 e. The maximum absolute atomic E-state index is 12.7. The van der Waals surface area contributed by atoms with Gasteiger partial charge < -0.3 is 14.8 Å². The fourth-order valence-electron chi connectivity index (χ4n) is 3.35. The van der Waals surface area contributed by atoms with Crippen molar-refractivity contribution in [3.8, 4) is 11.5 Å². The van der Waals surface area contributed by atoms with E-state index in [9.17, 15) is 4.79 Å². The molecular formula is C19H24N2O3. The summed E-state index contributed by atoms with van der Waals surface area (Å²) in [6.07, 6.45) is 5.48. The minimum Gasteiger partial charge on any atom is -0.493 e. The average Bonchev–Trinajstić information content (AvgIpc) is 2.65. The molecule has 0 saturated carbocycles. The summed E-state index contributed by atoms with van der Waals surface area (Å²) in [5.74, 6) is 2.01. The Bertz CT molecular complexity index is 724. The number of fused-ring (bicyclic) bond motifs is 1. The van der Waals surface area contributed by atoms with Crippen LogP contribution in [-0.2, 0) is 0 Å². The molecule has 5 heteroatoms. The molecule has 5 nitrogen and oxygen atoms in total. The molecule has 128 valence electrons. The number of piperidine rings is 1. The van der Waals surface area contributed by atoms with Crippen molar-refractivity contribution >= 4 is 16.6 Å². The number of hydrogen-bond donors (Lipinski definition) is 1. The summed E-state index contributed by atoms with van der Waals surface area (Å²) in [4.78, 5) is 17.0. The van der Waals surface area contributed by atoms with Crippen LogP contribution < -0.4 is 14.8 Å². The van der Waals surface area contributed by atoms with Gasteiger partial charge in [-0.2, -0.15) is 0 Å². The number of aromatic nitrogens is 1. The molecular weight excluding hydrogens is 304 g/mol. The normalized spacial score (nSPS) is 15.4. The average molecular weight is 328 g/mol. The van der Waals surface area contributed by atoms with Crippen LogP contribution in [0.5, 0.6) is 11.5 Å². The lowest BCUT2D eigenvalue weighted by Crippen LogP contribution is -2.28. The van der Waals surface area contributed by atoms with Crippen molar-refractivity contribution in [3.05, 3.63) is 30.1 Å². The van der Waals surface area contributed by atoms with Gasteiger partial charge in [-0.05, 0) is 61.9 Å². The molecule has 0 amide bonds. The van der Waals surface area contributed by atoms with E-state index in [1.807, 2.05) is 18.2 Å². The lowest BCUT2D eigenvalue weighted by Gasteiger charge is -2.22. The second kappa shape index (κ2) is 7.62. The number of Topliss-reactive ketones (excluding diaryl/α,β-unsaturated/α-hetero) is 1. The van der Waals surface area contributed by atoms with Crippen LogP contribution in [0.15, 0.2) is 24.4 Å². The SMILES string of the molecule is COc1cc2ccnc(C(=O)CCC3CCNCC3)c2cc1OC. The Hall–Kier alpha value is -2.14. The molecule has 1 aliphatic rings. The molecule has 2 aromatic rings. The van der Waals surface area contributed by atoms with E-state index in [2.05, 4.69) is 10.3 Å². The van der Waals surface area contributed by atoms with Crippen LogP contribution in [0.3, 0.4) is 0 Å². The summed E-state index contributed by atoms with van der Waals surface area (Å²) in [6.45, 7) is 2.12. The number of ketones is 1. The largest absolute Gasteiger partial charge is 0.493 e. The van der Waals surface area contributed by atoms with E-state index < -0.39 is 0 Å². The number of carbonyl (C=O) groups excluding carboxylic acids is 1. The third-order valence-electron chi connectivity index (χ3n) is 4.77. The van der Waals surface area contributed by atoms with Gasteiger partial charge in [0.05, 0.1) is 14.2 Å². The predicted octanol–water partition coefficient (Wildman–Crippen LogP) is 3.21. The molecule has 3 rings (SSSR count). The van der Waals surface area contributed by atoms with Crippen molar-refractivity contribution < 1.29 is 14.3 Å². The molecule has 1 saturated heterocycles. The molecule has 0 bridgehead atoms. The minimum atomic E-state index is 0.103. The van der Waals surface area contributed by atoms with Gasteiger partial charge >= 0.3 is 0 Å². The molecule has 1 N–H and O–H groups in total. The topological polar surface area (TPSA) is 60.5 Å². The van der Waals surface area contributed by atoms with Gasteiger partial charge in [-0.15, -0.1) is 0 Å². The van der Waals surface area contributed by atoms with Crippen molar-refractivity contribution in [2.24, 2.45) is 5.92 Å². The number of nitrogens with zero attached hydrogens (tertiary/aromatic N) is 1. The van der Waals surface area contributed by atoms with E-state index in [4.69, 9.17) is 9.47 Å². The van der Waals surface area contributed by atoms with Crippen molar-refractivity contribution in [2.75, 3.05) is 27.3 Å². The number of hydrogen-bond acceptors (Lipinski definition) is 5. The van der Waals surface area contributed by atoms with Crippen LogP contribution in [0.25, 0.3) is 10.8 Å². The maximum atomic E-state index is 12.7. The van der Waals surface area contributed by atoms with Crippen LogP contribution in [-0.4, -0.2) is 38.1 Å². The lowest BCUT2D eigenvalue weighted by molar-refractivity contribution is 0.0967. The monoisotopic (exact) mass is 328 g/mol. The predicted molar refractivity (Wildman–Crippen MR) is 94.0 cm³/mol. The summed E-state index contributed by atoms with van der Waals surface area (Å²) in [7, 11) is 3.20. The zero-order valence-corrected chi connectivity index (χ0v) is 14.3. The molecule has 1 fully saturated rings. The molecule has 24 heavy (non-hydrogen) atoms. The number of pyridine rings is 1. The van der Waals surface area contributed by atoms with Gasteiger partial charge in [0.1, 0.15) is 5.69 Å². The van der Waals surface area contributed by atoms with Crippen LogP contribution in [0, 0.1) is 5.92 Å². The second-order valence-electron chi connectivity index (χ2n) is 6.24. The van der Waals surface area contributed by atoms with Crippen molar-refractivity contribution in [2.45, 2.75) is 25.7 Å². The molecule has 0 aliphatic carbocycles. The Morgan fingerprint density at radius 3 is 2.62 bits per heavy atom. The van der Waals surface area contributed by atoms with E-state index in [0.717, 1.165) is 43.1 Å².